The fourth-order valence-electron chi connectivity index (χ4n) is 1.10. The number of imidazole rings is 1. The Labute approximate surface area is 74.8 Å². The maximum Gasteiger partial charge on any atom is 0.295 e. The average molecular weight is 173 g/mol. The summed E-state index contributed by atoms with van der Waals surface area (Å²) in [5.41, 5.74) is 1.76. The molecule has 13 heavy (non-hydrogen) atoms. The summed E-state index contributed by atoms with van der Waals surface area (Å²) in [6.45, 7) is 0.0137. The standard InChI is InChI=1S/C9H7N3O/c10-5-6-13-9-11-7-3-1-2-4-8(7)12-9/h1-4H,6H2,(H,11,12). The van der Waals surface area contributed by atoms with E-state index in [0.717, 1.165) is 11.0 Å². The highest BCUT2D eigenvalue weighted by Crippen LogP contribution is 2.14. The Morgan fingerprint density at radius 1 is 1.46 bits per heavy atom. The third-order valence-corrected chi connectivity index (χ3v) is 1.64. The van der Waals surface area contributed by atoms with Crippen molar-refractivity contribution in [3.8, 4) is 12.1 Å². The molecule has 0 saturated carbocycles. The van der Waals surface area contributed by atoms with Gasteiger partial charge in [0.05, 0.1) is 11.0 Å². The van der Waals surface area contributed by atoms with Crippen molar-refractivity contribution in [3.05, 3.63) is 24.3 Å². The van der Waals surface area contributed by atoms with Gasteiger partial charge in [0.25, 0.3) is 6.01 Å². The first-order valence-electron chi connectivity index (χ1n) is 3.84. The molecule has 1 aromatic heterocycles. The highest BCUT2D eigenvalue weighted by Gasteiger charge is 2.00. The van der Waals surface area contributed by atoms with Crippen LogP contribution >= 0.6 is 0 Å². The van der Waals surface area contributed by atoms with Crippen molar-refractivity contribution >= 4 is 11.0 Å². The molecule has 0 amide bonds. The maximum atomic E-state index is 8.29. The van der Waals surface area contributed by atoms with Crippen molar-refractivity contribution in [1.82, 2.24) is 9.97 Å². The van der Waals surface area contributed by atoms with Crippen LogP contribution in [-0.4, -0.2) is 16.6 Å². The van der Waals surface area contributed by atoms with Crippen LogP contribution in [0.3, 0.4) is 0 Å². The number of hydrogen-bond acceptors (Lipinski definition) is 3. The Kier molecular flexibility index (Phi) is 1.85. The molecule has 0 bridgehead atoms. The molecule has 4 nitrogen and oxygen atoms in total. The first kappa shape index (κ1) is 7.62. The molecule has 0 spiro atoms. The molecule has 0 aliphatic rings. The zero-order chi connectivity index (χ0) is 9.10. The van der Waals surface area contributed by atoms with Crippen LogP contribution in [-0.2, 0) is 0 Å². The number of para-hydroxylation sites is 2. The number of aromatic nitrogens is 2. The predicted octanol–water partition coefficient (Wildman–Crippen LogP) is 1.47. The zero-order valence-electron chi connectivity index (χ0n) is 6.82. The fourth-order valence-corrected chi connectivity index (χ4v) is 1.10. The normalized spacial score (nSPS) is 9.77. The molecule has 0 unspecified atom stereocenters. The number of nitriles is 1. The van der Waals surface area contributed by atoms with E-state index >= 15 is 0 Å². The van der Waals surface area contributed by atoms with E-state index in [9.17, 15) is 0 Å². The van der Waals surface area contributed by atoms with Crippen molar-refractivity contribution in [3.63, 3.8) is 0 Å². The summed E-state index contributed by atoms with van der Waals surface area (Å²) in [6, 6.07) is 9.87. The Morgan fingerprint density at radius 2 is 2.31 bits per heavy atom. The minimum absolute atomic E-state index is 0.0137. The lowest BCUT2D eigenvalue weighted by Gasteiger charge is -1.91. The van der Waals surface area contributed by atoms with Gasteiger partial charge in [-0.05, 0) is 12.1 Å². The second kappa shape index (κ2) is 3.15. The van der Waals surface area contributed by atoms with E-state index in [4.69, 9.17) is 10.00 Å². The minimum atomic E-state index is 0.0137. The van der Waals surface area contributed by atoms with E-state index in [1.54, 1.807) is 0 Å². The number of nitrogens with one attached hydrogen (secondary N) is 1. The molecular formula is C9H7N3O. The van der Waals surface area contributed by atoms with Crippen molar-refractivity contribution in [2.24, 2.45) is 0 Å². The van der Waals surface area contributed by atoms with E-state index in [1.165, 1.54) is 0 Å². The van der Waals surface area contributed by atoms with Crippen molar-refractivity contribution in [1.29, 1.82) is 5.26 Å². The quantitative estimate of drug-likeness (QED) is 0.747. The van der Waals surface area contributed by atoms with Crippen LogP contribution in [0.25, 0.3) is 11.0 Å². The summed E-state index contributed by atoms with van der Waals surface area (Å²) in [4.78, 5) is 7.07. The van der Waals surface area contributed by atoms with Crippen LogP contribution in [0.5, 0.6) is 6.01 Å². The first-order chi connectivity index (χ1) is 6.40. The molecule has 2 rings (SSSR count). The lowest BCUT2D eigenvalue weighted by atomic mass is 10.3. The molecule has 2 aromatic rings. The van der Waals surface area contributed by atoms with Crippen LogP contribution < -0.4 is 4.74 Å². The van der Waals surface area contributed by atoms with Gasteiger partial charge in [-0.2, -0.15) is 10.2 Å². The third-order valence-electron chi connectivity index (χ3n) is 1.64. The highest BCUT2D eigenvalue weighted by atomic mass is 16.5. The minimum Gasteiger partial charge on any atom is -0.449 e. The van der Waals surface area contributed by atoms with Gasteiger partial charge in [-0.15, -0.1) is 0 Å². The van der Waals surface area contributed by atoms with Crippen LogP contribution in [0, 0.1) is 11.3 Å². The van der Waals surface area contributed by atoms with E-state index in [0.29, 0.717) is 6.01 Å². The smallest absolute Gasteiger partial charge is 0.295 e. The van der Waals surface area contributed by atoms with Crippen molar-refractivity contribution < 1.29 is 4.74 Å². The third kappa shape index (κ3) is 1.44. The predicted molar refractivity (Wildman–Crippen MR) is 47.2 cm³/mol. The maximum absolute atomic E-state index is 8.29. The van der Waals surface area contributed by atoms with Crippen molar-refractivity contribution in [2.75, 3.05) is 6.61 Å². The number of benzene rings is 1. The Balaban J connectivity index is 2.34. The van der Waals surface area contributed by atoms with Crippen LogP contribution in [0.2, 0.25) is 0 Å². The molecule has 0 fully saturated rings. The molecular weight excluding hydrogens is 166 g/mol. The second-order valence-electron chi connectivity index (χ2n) is 2.51. The molecule has 0 atom stereocenters. The lowest BCUT2D eigenvalue weighted by Crippen LogP contribution is -1.94. The molecule has 0 aliphatic carbocycles. The molecule has 0 saturated heterocycles. The lowest BCUT2D eigenvalue weighted by molar-refractivity contribution is 0.343. The second-order valence-corrected chi connectivity index (χ2v) is 2.51. The molecule has 0 aliphatic heterocycles. The van der Waals surface area contributed by atoms with Gasteiger partial charge in [-0.1, -0.05) is 12.1 Å². The van der Waals surface area contributed by atoms with E-state index in [1.807, 2.05) is 30.3 Å². The van der Waals surface area contributed by atoms with Gasteiger partial charge in [0.1, 0.15) is 6.07 Å². The molecule has 64 valence electrons. The Bertz CT molecular complexity index is 422. The molecule has 1 N–H and O–H groups in total. The number of hydrogen-bond donors (Lipinski definition) is 1. The van der Waals surface area contributed by atoms with Gasteiger partial charge in [0, 0.05) is 0 Å². The summed E-state index contributed by atoms with van der Waals surface area (Å²) >= 11 is 0. The number of fused-ring (bicyclic) bond motifs is 1. The number of H-pyrrole nitrogens is 1. The van der Waals surface area contributed by atoms with Gasteiger partial charge < -0.3 is 9.72 Å². The van der Waals surface area contributed by atoms with Gasteiger partial charge in [0.15, 0.2) is 6.61 Å². The monoisotopic (exact) mass is 173 g/mol. The van der Waals surface area contributed by atoms with E-state index in [2.05, 4.69) is 9.97 Å². The van der Waals surface area contributed by atoms with Crippen LogP contribution in [0.1, 0.15) is 0 Å². The largest absolute Gasteiger partial charge is 0.449 e. The van der Waals surface area contributed by atoms with Gasteiger partial charge in [-0.25, -0.2) is 0 Å². The summed E-state index contributed by atoms with van der Waals surface area (Å²) in [5, 5.41) is 8.29. The number of aromatic amines is 1. The van der Waals surface area contributed by atoms with Crippen LogP contribution in [0.4, 0.5) is 0 Å². The molecule has 1 aromatic carbocycles. The molecule has 4 heteroatoms. The van der Waals surface area contributed by atoms with Gasteiger partial charge >= 0.3 is 0 Å². The summed E-state index contributed by atoms with van der Waals surface area (Å²) < 4.78 is 5.01. The molecule has 1 heterocycles. The highest BCUT2D eigenvalue weighted by molar-refractivity contribution is 5.75. The van der Waals surface area contributed by atoms with Crippen LogP contribution in [0.15, 0.2) is 24.3 Å². The number of rotatable bonds is 2. The zero-order valence-corrected chi connectivity index (χ0v) is 6.82. The fraction of sp³-hybridized carbons (Fsp3) is 0.111. The average Bonchev–Trinajstić information content (AvgIpc) is 2.57. The van der Waals surface area contributed by atoms with E-state index in [-0.39, 0.29) is 6.61 Å². The molecule has 0 radical (unpaired) electrons. The SMILES string of the molecule is N#CCOc1nc2ccccc2[nH]1. The van der Waals surface area contributed by atoms with Gasteiger partial charge in [0.2, 0.25) is 0 Å². The first-order valence-corrected chi connectivity index (χ1v) is 3.84. The summed E-state index contributed by atoms with van der Waals surface area (Å²) in [6.07, 6.45) is 0. The van der Waals surface area contributed by atoms with Gasteiger partial charge in [-0.3, -0.25) is 0 Å². The summed E-state index contributed by atoms with van der Waals surface area (Å²) in [5.74, 6) is 0. The Morgan fingerprint density at radius 3 is 3.08 bits per heavy atom. The number of nitrogens with zero attached hydrogens (tertiary/aromatic N) is 2. The topological polar surface area (TPSA) is 61.7 Å². The number of ether oxygens (including phenoxy) is 1. The van der Waals surface area contributed by atoms with E-state index < -0.39 is 0 Å². The van der Waals surface area contributed by atoms with Crippen molar-refractivity contribution in [2.45, 2.75) is 0 Å². The summed E-state index contributed by atoms with van der Waals surface area (Å²) in [7, 11) is 0. The Hall–Kier alpha value is -2.02.